The Morgan fingerprint density at radius 3 is 2.55 bits per heavy atom. The van der Waals surface area contributed by atoms with E-state index in [0.29, 0.717) is 18.7 Å². The Labute approximate surface area is 128 Å². The van der Waals surface area contributed by atoms with Crippen molar-refractivity contribution in [1.29, 1.82) is 0 Å². The van der Waals surface area contributed by atoms with Gasteiger partial charge in [-0.25, -0.2) is 0 Å². The summed E-state index contributed by atoms with van der Waals surface area (Å²) in [6.07, 6.45) is 4.77. The summed E-state index contributed by atoms with van der Waals surface area (Å²) in [7, 11) is 0. The van der Waals surface area contributed by atoms with Gasteiger partial charge in [0, 0.05) is 18.7 Å². The molecule has 0 saturated heterocycles. The van der Waals surface area contributed by atoms with E-state index in [0.717, 1.165) is 12.8 Å². The van der Waals surface area contributed by atoms with Gasteiger partial charge in [-0.3, -0.25) is 9.59 Å². The van der Waals surface area contributed by atoms with E-state index in [-0.39, 0.29) is 17.6 Å². The van der Waals surface area contributed by atoms with E-state index in [1.165, 1.54) is 23.8 Å². The predicted molar refractivity (Wildman–Crippen MR) is 81.8 cm³/mol. The van der Waals surface area contributed by atoms with Gasteiger partial charge in [0.25, 0.3) is 11.8 Å². The maximum Gasteiger partial charge on any atom is 0.287 e. The van der Waals surface area contributed by atoms with Crippen molar-refractivity contribution in [2.24, 2.45) is 0 Å². The highest BCUT2D eigenvalue weighted by Crippen LogP contribution is 2.22. The fourth-order valence-electron chi connectivity index (χ4n) is 2.66. The van der Waals surface area contributed by atoms with Crippen LogP contribution >= 0.6 is 0 Å². The van der Waals surface area contributed by atoms with Gasteiger partial charge in [-0.1, -0.05) is 6.07 Å². The molecular weight excluding hydrogens is 280 g/mol. The smallest absolute Gasteiger partial charge is 0.287 e. The van der Waals surface area contributed by atoms with E-state index in [9.17, 15) is 9.59 Å². The van der Waals surface area contributed by atoms with Gasteiger partial charge in [-0.05, 0) is 54.7 Å². The Kier molecular flexibility index (Phi) is 4.23. The van der Waals surface area contributed by atoms with E-state index in [1.807, 2.05) is 18.2 Å². The fraction of sp³-hybridized carbons (Fsp3) is 0.294. The van der Waals surface area contributed by atoms with Crippen molar-refractivity contribution in [2.45, 2.75) is 19.3 Å². The van der Waals surface area contributed by atoms with Crippen molar-refractivity contribution in [1.82, 2.24) is 10.6 Å². The van der Waals surface area contributed by atoms with E-state index >= 15 is 0 Å². The van der Waals surface area contributed by atoms with Crippen LogP contribution in [0, 0.1) is 0 Å². The molecule has 0 bridgehead atoms. The number of amides is 2. The Hall–Kier alpha value is -2.56. The van der Waals surface area contributed by atoms with Crippen molar-refractivity contribution in [2.75, 3.05) is 13.1 Å². The van der Waals surface area contributed by atoms with Gasteiger partial charge >= 0.3 is 0 Å². The second-order valence-corrected chi connectivity index (χ2v) is 5.33. The van der Waals surface area contributed by atoms with Crippen molar-refractivity contribution in [3.63, 3.8) is 0 Å². The zero-order valence-electron chi connectivity index (χ0n) is 12.2. The molecule has 0 spiro atoms. The van der Waals surface area contributed by atoms with Crippen LogP contribution in [0.2, 0.25) is 0 Å². The van der Waals surface area contributed by atoms with Crippen LogP contribution in [0.25, 0.3) is 0 Å². The van der Waals surface area contributed by atoms with Crippen LogP contribution < -0.4 is 10.6 Å². The highest BCUT2D eigenvalue weighted by molar-refractivity contribution is 5.94. The first-order chi connectivity index (χ1) is 10.7. The fourth-order valence-corrected chi connectivity index (χ4v) is 2.66. The summed E-state index contributed by atoms with van der Waals surface area (Å²) < 4.78 is 4.99. The molecule has 5 heteroatoms. The van der Waals surface area contributed by atoms with Gasteiger partial charge in [0.2, 0.25) is 0 Å². The molecule has 1 aliphatic carbocycles. The van der Waals surface area contributed by atoms with Gasteiger partial charge in [-0.15, -0.1) is 0 Å². The second-order valence-electron chi connectivity index (χ2n) is 5.33. The average molecular weight is 298 g/mol. The first-order valence-electron chi connectivity index (χ1n) is 7.46. The first-order valence-corrected chi connectivity index (χ1v) is 7.46. The highest BCUT2D eigenvalue weighted by Gasteiger charge is 2.13. The van der Waals surface area contributed by atoms with Gasteiger partial charge in [0.1, 0.15) is 0 Å². The monoisotopic (exact) mass is 298 g/mol. The number of carbonyl (C=O) groups is 2. The Morgan fingerprint density at radius 1 is 1.00 bits per heavy atom. The number of hydrogen-bond acceptors (Lipinski definition) is 3. The lowest BCUT2D eigenvalue weighted by atomic mass is 10.1. The molecule has 2 amide bonds. The van der Waals surface area contributed by atoms with Crippen LogP contribution in [0.5, 0.6) is 0 Å². The molecule has 0 aliphatic heterocycles. The minimum Gasteiger partial charge on any atom is -0.459 e. The van der Waals surface area contributed by atoms with E-state index in [4.69, 9.17) is 4.42 Å². The number of furan rings is 1. The largest absolute Gasteiger partial charge is 0.459 e. The molecule has 1 heterocycles. The molecule has 0 fully saturated rings. The normalized spacial score (nSPS) is 12.7. The van der Waals surface area contributed by atoms with Crippen LogP contribution in [0.3, 0.4) is 0 Å². The maximum absolute atomic E-state index is 12.1. The molecule has 1 aromatic heterocycles. The summed E-state index contributed by atoms with van der Waals surface area (Å²) in [6.45, 7) is 0.735. The molecule has 1 aromatic carbocycles. The number of carbonyl (C=O) groups excluding carboxylic acids is 2. The molecule has 0 saturated carbocycles. The summed E-state index contributed by atoms with van der Waals surface area (Å²) in [4.78, 5) is 23.7. The maximum atomic E-state index is 12.1. The Balaban J connectivity index is 1.45. The van der Waals surface area contributed by atoms with Crippen molar-refractivity contribution in [3.8, 4) is 0 Å². The summed E-state index contributed by atoms with van der Waals surface area (Å²) in [5.41, 5.74) is 3.30. The van der Waals surface area contributed by atoms with Crippen LogP contribution in [-0.4, -0.2) is 24.9 Å². The number of nitrogens with one attached hydrogen (secondary N) is 2. The Morgan fingerprint density at radius 2 is 1.77 bits per heavy atom. The quantitative estimate of drug-likeness (QED) is 0.829. The molecule has 0 atom stereocenters. The molecule has 1 aliphatic rings. The lowest BCUT2D eigenvalue weighted by Gasteiger charge is -2.07. The predicted octanol–water partition coefficient (Wildman–Crippen LogP) is 1.93. The summed E-state index contributed by atoms with van der Waals surface area (Å²) in [6, 6.07) is 9.12. The van der Waals surface area contributed by atoms with E-state index in [1.54, 1.807) is 12.1 Å². The SMILES string of the molecule is O=C(NCCNC(=O)c1ccco1)c1ccc2c(c1)CCC2. The van der Waals surface area contributed by atoms with Crippen molar-refractivity contribution in [3.05, 3.63) is 59.0 Å². The number of benzene rings is 1. The molecule has 114 valence electrons. The van der Waals surface area contributed by atoms with Crippen molar-refractivity contribution < 1.29 is 14.0 Å². The molecule has 2 N–H and O–H groups in total. The molecule has 5 nitrogen and oxygen atoms in total. The lowest BCUT2D eigenvalue weighted by molar-refractivity contribution is 0.0910. The van der Waals surface area contributed by atoms with Crippen LogP contribution in [0.1, 0.15) is 38.5 Å². The second kappa shape index (κ2) is 6.47. The molecule has 0 unspecified atom stereocenters. The minimum atomic E-state index is -0.281. The third-order valence-electron chi connectivity index (χ3n) is 3.80. The topological polar surface area (TPSA) is 71.3 Å². The van der Waals surface area contributed by atoms with Gasteiger partial charge in [-0.2, -0.15) is 0 Å². The van der Waals surface area contributed by atoms with Crippen LogP contribution in [-0.2, 0) is 12.8 Å². The third kappa shape index (κ3) is 3.19. The molecule has 2 aromatic rings. The van der Waals surface area contributed by atoms with Crippen LogP contribution in [0.15, 0.2) is 41.0 Å². The van der Waals surface area contributed by atoms with Crippen molar-refractivity contribution >= 4 is 11.8 Å². The highest BCUT2D eigenvalue weighted by atomic mass is 16.3. The number of fused-ring (bicyclic) bond motifs is 1. The average Bonchev–Trinajstić information content (AvgIpc) is 3.20. The van der Waals surface area contributed by atoms with Crippen LogP contribution in [0.4, 0.5) is 0 Å². The number of aryl methyl sites for hydroxylation is 2. The third-order valence-corrected chi connectivity index (χ3v) is 3.80. The lowest BCUT2D eigenvalue weighted by Crippen LogP contribution is -2.34. The molecule has 22 heavy (non-hydrogen) atoms. The van der Waals surface area contributed by atoms with Gasteiger partial charge < -0.3 is 15.1 Å². The minimum absolute atomic E-state index is 0.109. The standard InChI is InChI=1S/C17H18N2O3/c20-16(14-7-6-12-3-1-4-13(12)11-14)18-8-9-19-17(21)15-5-2-10-22-15/h2,5-7,10-11H,1,3-4,8-9H2,(H,18,20)(H,19,21). The summed E-state index contributed by atoms with van der Waals surface area (Å²) in [5.74, 6) is -0.122. The van der Waals surface area contributed by atoms with E-state index < -0.39 is 0 Å². The first kappa shape index (κ1) is 14.4. The molecular formula is C17H18N2O3. The van der Waals surface area contributed by atoms with Gasteiger partial charge in [0.05, 0.1) is 6.26 Å². The molecule has 0 radical (unpaired) electrons. The molecule has 3 rings (SSSR count). The van der Waals surface area contributed by atoms with E-state index in [2.05, 4.69) is 10.6 Å². The zero-order chi connectivity index (χ0) is 15.4. The number of rotatable bonds is 5. The van der Waals surface area contributed by atoms with Gasteiger partial charge in [0.15, 0.2) is 5.76 Å². The zero-order valence-corrected chi connectivity index (χ0v) is 12.2. The number of hydrogen-bond donors (Lipinski definition) is 2. The summed E-state index contributed by atoms with van der Waals surface area (Å²) >= 11 is 0. The summed E-state index contributed by atoms with van der Waals surface area (Å²) in [5, 5.41) is 5.49. The Bertz CT molecular complexity index is 677.